The maximum Gasteiger partial charge on any atom is 0.311 e. The summed E-state index contributed by atoms with van der Waals surface area (Å²) in [5, 5.41) is -0.216. The van der Waals surface area contributed by atoms with Gasteiger partial charge in [-0.05, 0) is 13.0 Å². The van der Waals surface area contributed by atoms with Crippen LogP contribution in [0.25, 0.3) is 0 Å². The van der Waals surface area contributed by atoms with Gasteiger partial charge in [0.25, 0.3) is 6.43 Å². The Kier molecular flexibility index (Phi) is 5.75. The van der Waals surface area contributed by atoms with Crippen LogP contribution in [0.15, 0.2) is 6.07 Å². The summed E-state index contributed by atoms with van der Waals surface area (Å²) in [6.45, 7) is 1.85. The van der Waals surface area contributed by atoms with Crippen LogP contribution in [0.4, 0.5) is 8.78 Å². The van der Waals surface area contributed by atoms with Crippen LogP contribution in [0.2, 0.25) is 5.02 Å². The Labute approximate surface area is 113 Å². The van der Waals surface area contributed by atoms with Crippen molar-refractivity contribution in [2.75, 3.05) is 6.61 Å². The first-order valence-corrected chi connectivity index (χ1v) is 6.08. The van der Waals surface area contributed by atoms with Crippen molar-refractivity contribution < 1.29 is 18.3 Å². The summed E-state index contributed by atoms with van der Waals surface area (Å²) in [6, 6.07) is 1.13. The average molecular weight is 298 g/mol. The van der Waals surface area contributed by atoms with Crippen molar-refractivity contribution >= 4 is 29.2 Å². The molecule has 0 amide bonds. The zero-order valence-electron chi connectivity index (χ0n) is 9.55. The number of hydrogen-bond donors (Lipinski definition) is 0. The van der Waals surface area contributed by atoms with E-state index in [0.29, 0.717) is 0 Å². The summed E-state index contributed by atoms with van der Waals surface area (Å²) in [5.41, 5.74) is -0.0687. The molecule has 0 aliphatic carbocycles. The van der Waals surface area contributed by atoms with Crippen LogP contribution in [-0.4, -0.2) is 17.6 Å². The summed E-state index contributed by atoms with van der Waals surface area (Å²) >= 11 is 11.3. The van der Waals surface area contributed by atoms with E-state index in [1.807, 2.05) is 0 Å². The zero-order chi connectivity index (χ0) is 13.7. The van der Waals surface area contributed by atoms with E-state index in [1.54, 1.807) is 6.92 Å². The maximum atomic E-state index is 12.7. The number of aromatic nitrogens is 1. The molecule has 100 valence electrons. The summed E-state index contributed by atoms with van der Waals surface area (Å²) in [5.74, 6) is -0.606. The molecule has 0 saturated heterocycles. The van der Waals surface area contributed by atoms with Gasteiger partial charge in [0, 0.05) is 5.56 Å². The molecule has 0 saturated carbocycles. The van der Waals surface area contributed by atoms with Gasteiger partial charge < -0.3 is 4.74 Å². The van der Waals surface area contributed by atoms with Gasteiger partial charge >= 0.3 is 5.97 Å². The molecule has 0 aromatic carbocycles. The van der Waals surface area contributed by atoms with Crippen LogP contribution in [0.3, 0.4) is 0 Å². The molecule has 1 aromatic heterocycles. The molecule has 1 heterocycles. The molecule has 0 N–H and O–H groups in total. The van der Waals surface area contributed by atoms with Gasteiger partial charge in [0.2, 0.25) is 0 Å². The molecule has 0 bridgehead atoms. The number of carbonyl (C=O) groups is 1. The lowest BCUT2D eigenvalue weighted by Gasteiger charge is -2.10. The van der Waals surface area contributed by atoms with Gasteiger partial charge in [0.1, 0.15) is 0 Å². The molecule has 0 atom stereocenters. The SMILES string of the molecule is CCOC(=O)Cc1nc(CCl)cc(C(F)F)c1Cl. The largest absolute Gasteiger partial charge is 0.466 e. The van der Waals surface area contributed by atoms with E-state index in [1.165, 1.54) is 0 Å². The Balaban J connectivity index is 3.09. The normalized spacial score (nSPS) is 10.8. The number of nitrogens with zero attached hydrogens (tertiary/aromatic N) is 1. The highest BCUT2D eigenvalue weighted by Crippen LogP contribution is 2.30. The quantitative estimate of drug-likeness (QED) is 0.617. The lowest BCUT2D eigenvalue weighted by atomic mass is 10.1. The third-order valence-corrected chi connectivity index (χ3v) is 2.81. The summed E-state index contributed by atoms with van der Waals surface area (Å²) in [6.07, 6.45) is -3.00. The van der Waals surface area contributed by atoms with Gasteiger partial charge in [0.05, 0.1) is 35.3 Å². The lowest BCUT2D eigenvalue weighted by Crippen LogP contribution is -2.11. The fourth-order valence-corrected chi connectivity index (χ4v) is 1.74. The first-order chi connectivity index (χ1) is 8.49. The molecule has 0 unspecified atom stereocenters. The molecule has 7 heteroatoms. The highest BCUT2D eigenvalue weighted by atomic mass is 35.5. The van der Waals surface area contributed by atoms with Crippen molar-refractivity contribution in [3.05, 3.63) is 28.0 Å². The number of rotatable bonds is 5. The third-order valence-electron chi connectivity index (χ3n) is 2.10. The minimum absolute atomic E-state index is 0.0350. The Morgan fingerprint density at radius 1 is 1.56 bits per heavy atom. The monoisotopic (exact) mass is 297 g/mol. The number of pyridine rings is 1. The van der Waals surface area contributed by atoms with E-state index in [4.69, 9.17) is 27.9 Å². The first kappa shape index (κ1) is 15.1. The third kappa shape index (κ3) is 3.78. The number of alkyl halides is 3. The van der Waals surface area contributed by atoms with Crippen molar-refractivity contribution in [3.63, 3.8) is 0 Å². The predicted octanol–water partition coefficient (Wildman–Crippen LogP) is 3.52. The van der Waals surface area contributed by atoms with Gasteiger partial charge in [-0.25, -0.2) is 8.78 Å². The molecular weight excluding hydrogens is 287 g/mol. The molecule has 3 nitrogen and oxygen atoms in total. The Bertz CT molecular complexity index is 441. The molecule has 18 heavy (non-hydrogen) atoms. The van der Waals surface area contributed by atoms with Crippen LogP contribution in [-0.2, 0) is 21.8 Å². The van der Waals surface area contributed by atoms with Crippen molar-refractivity contribution in [3.8, 4) is 0 Å². The summed E-state index contributed by atoms with van der Waals surface area (Å²) in [7, 11) is 0. The zero-order valence-corrected chi connectivity index (χ0v) is 11.1. The van der Waals surface area contributed by atoms with Crippen LogP contribution in [0, 0.1) is 0 Å². The van der Waals surface area contributed by atoms with E-state index in [0.717, 1.165) is 6.07 Å². The van der Waals surface area contributed by atoms with Crippen molar-refractivity contribution in [1.82, 2.24) is 4.98 Å². The number of esters is 1. The summed E-state index contributed by atoms with van der Waals surface area (Å²) in [4.78, 5) is 15.3. The van der Waals surface area contributed by atoms with Crippen molar-refractivity contribution in [2.45, 2.75) is 25.7 Å². The second-order valence-electron chi connectivity index (χ2n) is 3.38. The fourth-order valence-electron chi connectivity index (χ4n) is 1.36. The number of carbonyl (C=O) groups excluding carboxylic acids is 1. The van der Waals surface area contributed by atoms with E-state index >= 15 is 0 Å². The predicted molar refractivity (Wildman–Crippen MR) is 64.1 cm³/mol. The standard InChI is InChI=1S/C11H11Cl2F2NO2/c1-2-18-9(17)4-8-10(13)7(11(14)15)3-6(5-12)16-8/h3,11H,2,4-5H2,1H3. The van der Waals surface area contributed by atoms with E-state index < -0.39 is 12.4 Å². The lowest BCUT2D eigenvalue weighted by molar-refractivity contribution is -0.142. The second kappa shape index (κ2) is 6.85. The highest BCUT2D eigenvalue weighted by molar-refractivity contribution is 6.32. The molecule has 1 rings (SSSR count). The maximum absolute atomic E-state index is 12.7. The van der Waals surface area contributed by atoms with Gasteiger partial charge in [0.15, 0.2) is 0 Å². The molecular formula is C11H11Cl2F2NO2. The minimum Gasteiger partial charge on any atom is -0.466 e. The Hall–Kier alpha value is -0.940. The van der Waals surface area contributed by atoms with Gasteiger partial charge in [-0.3, -0.25) is 9.78 Å². The molecule has 0 spiro atoms. The number of ether oxygens (including phenoxy) is 1. The van der Waals surface area contributed by atoms with E-state index in [-0.39, 0.29) is 40.9 Å². The van der Waals surface area contributed by atoms with Gasteiger partial charge in [-0.15, -0.1) is 11.6 Å². The molecule has 0 aliphatic heterocycles. The topological polar surface area (TPSA) is 39.2 Å². The van der Waals surface area contributed by atoms with Crippen LogP contribution in [0.1, 0.15) is 30.3 Å². The van der Waals surface area contributed by atoms with Gasteiger partial charge in [-0.2, -0.15) is 0 Å². The van der Waals surface area contributed by atoms with Crippen LogP contribution < -0.4 is 0 Å². The van der Waals surface area contributed by atoms with E-state index in [2.05, 4.69) is 4.98 Å². The van der Waals surface area contributed by atoms with Crippen LogP contribution in [0.5, 0.6) is 0 Å². The number of hydrogen-bond acceptors (Lipinski definition) is 3. The molecule has 0 aliphatic rings. The fraction of sp³-hybridized carbons (Fsp3) is 0.455. The summed E-state index contributed by atoms with van der Waals surface area (Å²) < 4.78 is 30.2. The Morgan fingerprint density at radius 3 is 2.72 bits per heavy atom. The Morgan fingerprint density at radius 2 is 2.22 bits per heavy atom. The highest BCUT2D eigenvalue weighted by Gasteiger charge is 2.19. The minimum atomic E-state index is -2.75. The molecule has 0 radical (unpaired) electrons. The first-order valence-electron chi connectivity index (χ1n) is 5.17. The smallest absolute Gasteiger partial charge is 0.311 e. The van der Waals surface area contributed by atoms with Crippen molar-refractivity contribution in [1.29, 1.82) is 0 Å². The second-order valence-corrected chi connectivity index (χ2v) is 4.02. The van der Waals surface area contributed by atoms with Crippen LogP contribution >= 0.6 is 23.2 Å². The molecule has 1 aromatic rings. The van der Waals surface area contributed by atoms with E-state index in [9.17, 15) is 13.6 Å². The average Bonchev–Trinajstić information content (AvgIpc) is 2.31. The van der Waals surface area contributed by atoms with Crippen molar-refractivity contribution in [2.24, 2.45) is 0 Å². The molecule has 0 fully saturated rings. The number of halogens is 4. The van der Waals surface area contributed by atoms with Gasteiger partial charge in [-0.1, -0.05) is 11.6 Å².